The summed E-state index contributed by atoms with van der Waals surface area (Å²) in [6.07, 6.45) is 6.65. The molecular formula is C33H39NO4Si. The Kier molecular flexibility index (Phi) is 5.77. The third-order valence-corrected chi connectivity index (χ3v) is 15.7. The van der Waals surface area contributed by atoms with E-state index in [0.717, 1.165) is 19.3 Å². The molecule has 2 aromatic carbocycles. The van der Waals surface area contributed by atoms with Crippen LogP contribution in [0.1, 0.15) is 47.0 Å². The molecule has 3 saturated carbocycles. The molecule has 5 aliphatic rings. The maximum absolute atomic E-state index is 14.0. The average molecular weight is 542 g/mol. The normalized spacial score (nSPS) is 36.5. The smallest absolute Gasteiger partial charge is 0.417 e. The first-order valence-electron chi connectivity index (χ1n) is 14.7. The Morgan fingerprint density at radius 2 is 1.54 bits per heavy atom. The fraction of sp³-hybridized carbons (Fsp3) is 0.515. The Bertz CT molecular complexity index is 1260. The number of fused-ring (bicyclic) bond motifs is 7. The molecular weight excluding hydrogens is 502 g/mol. The minimum Gasteiger partial charge on any atom is -0.443 e. The number of nitrogens with zero attached hydrogens (tertiary/aromatic N) is 1. The number of benzene rings is 2. The van der Waals surface area contributed by atoms with Gasteiger partial charge < -0.3 is 9.16 Å². The zero-order valence-electron chi connectivity index (χ0n) is 23.3. The van der Waals surface area contributed by atoms with Crippen LogP contribution in [-0.4, -0.2) is 43.5 Å². The predicted octanol–water partition coefficient (Wildman–Crippen LogP) is 5.15. The van der Waals surface area contributed by atoms with Crippen molar-refractivity contribution < 1.29 is 18.8 Å². The lowest BCUT2D eigenvalue weighted by molar-refractivity contribution is -0.137. The molecule has 4 aliphatic carbocycles. The molecule has 5 nitrogen and oxygen atoms in total. The van der Waals surface area contributed by atoms with E-state index in [1.165, 1.54) is 10.4 Å². The van der Waals surface area contributed by atoms with E-state index in [2.05, 4.69) is 101 Å². The van der Waals surface area contributed by atoms with Crippen molar-refractivity contribution in [2.24, 2.45) is 35.5 Å². The minimum atomic E-state index is -2.75. The van der Waals surface area contributed by atoms with Gasteiger partial charge in [0.15, 0.2) is 0 Å². The lowest BCUT2D eigenvalue weighted by Crippen LogP contribution is -2.68. The van der Waals surface area contributed by atoms with Crippen LogP contribution >= 0.6 is 0 Å². The predicted molar refractivity (Wildman–Crippen MR) is 153 cm³/mol. The molecule has 9 atom stereocenters. The Morgan fingerprint density at radius 3 is 2.10 bits per heavy atom. The number of carbonyl (C=O) groups excluding carboxylic acids is 2. The molecule has 0 radical (unpaired) electrons. The first kappa shape index (κ1) is 25.3. The number of carbonyl (C=O) groups is 2. The van der Waals surface area contributed by atoms with Crippen LogP contribution in [0.15, 0.2) is 72.8 Å². The zero-order chi connectivity index (χ0) is 27.1. The Hall–Kier alpha value is -2.70. The molecule has 1 heterocycles. The van der Waals surface area contributed by atoms with Crippen molar-refractivity contribution in [3.8, 4) is 0 Å². The highest BCUT2D eigenvalue weighted by molar-refractivity contribution is 6.99. The molecule has 2 amide bonds. The third kappa shape index (κ3) is 3.60. The second kappa shape index (κ2) is 8.90. The Labute approximate surface area is 232 Å². The number of amides is 2. The van der Waals surface area contributed by atoms with Gasteiger partial charge in [0, 0.05) is 17.8 Å². The third-order valence-electron chi connectivity index (χ3n) is 10.7. The van der Waals surface area contributed by atoms with Crippen LogP contribution in [0.2, 0.25) is 5.04 Å². The fourth-order valence-electron chi connectivity index (χ4n) is 8.95. The fourth-order valence-corrected chi connectivity index (χ4v) is 13.7. The van der Waals surface area contributed by atoms with Crippen molar-refractivity contribution >= 4 is 30.7 Å². The summed E-state index contributed by atoms with van der Waals surface area (Å²) in [7, 11) is -2.75. The Morgan fingerprint density at radius 1 is 0.923 bits per heavy atom. The van der Waals surface area contributed by atoms with Crippen LogP contribution < -0.4 is 10.4 Å². The van der Waals surface area contributed by atoms with Crippen molar-refractivity contribution in [1.82, 2.24) is 4.90 Å². The summed E-state index contributed by atoms with van der Waals surface area (Å²) in [6, 6.07) is 21.3. The minimum absolute atomic E-state index is 0.0198. The van der Waals surface area contributed by atoms with Crippen molar-refractivity contribution in [3.05, 3.63) is 72.8 Å². The zero-order valence-corrected chi connectivity index (χ0v) is 24.3. The number of allylic oxidation sites excluding steroid dienone is 2. The molecule has 0 unspecified atom stereocenters. The van der Waals surface area contributed by atoms with E-state index >= 15 is 0 Å². The molecule has 1 aliphatic heterocycles. The highest BCUT2D eigenvalue weighted by Crippen LogP contribution is 2.55. The van der Waals surface area contributed by atoms with E-state index in [4.69, 9.17) is 9.16 Å². The summed E-state index contributed by atoms with van der Waals surface area (Å²) in [5, 5.41) is 2.40. The van der Waals surface area contributed by atoms with Crippen molar-refractivity contribution in [2.75, 3.05) is 0 Å². The molecule has 4 fully saturated rings. The summed E-state index contributed by atoms with van der Waals surface area (Å²) in [4.78, 5) is 28.8. The van der Waals surface area contributed by atoms with E-state index in [-0.39, 0.29) is 58.8 Å². The lowest BCUT2D eigenvalue weighted by Gasteiger charge is -2.47. The van der Waals surface area contributed by atoms with Crippen molar-refractivity contribution in [1.29, 1.82) is 0 Å². The van der Waals surface area contributed by atoms with Gasteiger partial charge in [0.05, 0.1) is 12.1 Å². The van der Waals surface area contributed by atoms with Crippen LogP contribution in [0.4, 0.5) is 4.79 Å². The summed E-state index contributed by atoms with van der Waals surface area (Å²) in [5.41, 5.74) is 0. The molecule has 204 valence electrons. The van der Waals surface area contributed by atoms with E-state index in [1.54, 1.807) is 4.90 Å². The number of hydrogen-bond acceptors (Lipinski definition) is 4. The van der Waals surface area contributed by atoms with E-state index in [1.807, 2.05) is 0 Å². The van der Waals surface area contributed by atoms with Crippen molar-refractivity contribution in [2.45, 2.75) is 70.2 Å². The van der Waals surface area contributed by atoms with Gasteiger partial charge in [-0.1, -0.05) is 101 Å². The van der Waals surface area contributed by atoms with E-state index in [9.17, 15) is 9.59 Å². The highest BCUT2D eigenvalue weighted by atomic mass is 28.4. The standard InChI is InChI=1S/C33H39NO4Si/c1-20-21-15-16-22(17-21)28(20)31(35)34-29-26-18-23(30(29)37-32(34)36)19-27(26)38-39(33(2,3)4,24-11-7-5-8-12-24)25-13-9-6-10-14-25/h5-16,20-23,26-30H,17-19H2,1-4H3/t20-,21+,22-,23-,26+,27-,28+,29-,30+/m0/s1. The van der Waals surface area contributed by atoms with Gasteiger partial charge in [0.2, 0.25) is 5.91 Å². The van der Waals surface area contributed by atoms with Crippen LogP contribution in [0.3, 0.4) is 0 Å². The van der Waals surface area contributed by atoms with E-state index in [0.29, 0.717) is 5.92 Å². The molecule has 4 bridgehead atoms. The summed E-state index contributed by atoms with van der Waals surface area (Å²) >= 11 is 0. The first-order chi connectivity index (χ1) is 18.7. The topological polar surface area (TPSA) is 55.8 Å². The number of hydrogen-bond donors (Lipinski definition) is 0. The van der Waals surface area contributed by atoms with Crippen molar-refractivity contribution in [3.63, 3.8) is 0 Å². The highest BCUT2D eigenvalue weighted by Gasteiger charge is 2.66. The molecule has 1 saturated heterocycles. The molecule has 6 heteroatoms. The van der Waals surface area contributed by atoms with Gasteiger partial charge in [0.1, 0.15) is 6.10 Å². The molecule has 0 N–H and O–H groups in total. The molecule has 0 spiro atoms. The van der Waals surface area contributed by atoms with Crippen LogP contribution in [0.5, 0.6) is 0 Å². The second-order valence-electron chi connectivity index (χ2n) is 13.6. The lowest BCUT2D eigenvalue weighted by atomic mass is 9.82. The molecule has 7 rings (SSSR count). The van der Waals surface area contributed by atoms with Gasteiger partial charge in [-0.3, -0.25) is 4.79 Å². The average Bonchev–Trinajstić information content (AvgIpc) is 3.73. The maximum atomic E-state index is 14.0. The largest absolute Gasteiger partial charge is 0.443 e. The monoisotopic (exact) mass is 541 g/mol. The van der Waals surface area contributed by atoms with E-state index < -0.39 is 14.4 Å². The van der Waals surface area contributed by atoms with Crippen LogP contribution in [0.25, 0.3) is 0 Å². The second-order valence-corrected chi connectivity index (χ2v) is 17.8. The van der Waals surface area contributed by atoms with Gasteiger partial charge in [-0.25, -0.2) is 9.69 Å². The summed E-state index contributed by atoms with van der Waals surface area (Å²) in [5.74, 6) is 1.15. The first-order valence-corrected chi connectivity index (χ1v) is 16.6. The van der Waals surface area contributed by atoms with Gasteiger partial charge in [-0.2, -0.15) is 0 Å². The summed E-state index contributed by atoms with van der Waals surface area (Å²) in [6.45, 7) is 9.08. The number of ether oxygens (including phenoxy) is 1. The summed E-state index contributed by atoms with van der Waals surface area (Å²) < 4.78 is 13.5. The maximum Gasteiger partial charge on any atom is 0.417 e. The molecule has 39 heavy (non-hydrogen) atoms. The quantitative estimate of drug-likeness (QED) is 0.388. The van der Waals surface area contributed by atoms with Gasteiger partial charge in [-0.15, -0.1) is 0 Å². The Balaban J connectivity index is 1.24. The van der Waals surface area contributed by atoms with Gasteiger partial charge in [0.25, 0.3) is 8.32 Å². The molecule has 2 aromatic rings. The van der Waals surface area contributed by atoms with Crippen LogP contribution in [0, 0.1) is 35.5 Å². The SMILES string of the molecule is C[C@@H]1[C@@H](C(=O)N2C(=O)O[C@@H]3[C@H]4C[C@@H]([C@@H]32)[C@@H](O[Si](c2ccccc2)(c2ccccc2)C(C)(C)C)C4)[C@H]2C=C[C@@H]1C2. The van der Waals surface area contributed by atoms with Crippen LogP contribution in [-0.2, 0) is 14.0 Å². The number of imide groups is 1. The number of rotatable bonds is 5. The molecule has 0 aromatic heterocycles. The van der Waals surface area contributed by atoms with Gasteiger partial charge in [-0.05, 0) is 52.4 Å². The van der Waals surface area contributed by atoms with Gasteiger partial charge >= 0.3 is 6.09 Å².